The highest BCUT2D eigenvalue weighted by atomic mass is 16.5. The summed E-state index contributed by atoms with van der Waals surface area (Å²) in [6.45, 7) is 0. The monoisotopic (exact) mass is 316 g/mol. The first-order valence-corrected chi connectivity index (χ1v) is 8.48. The molecule has 0 unspecified atom stereocenters. The van der Waals surface area contributed by atoms with Crippen molar-refractivity contribution in [1.82, 2.24) is 0 Å². The van der Waals surface area contributed by atoms with Gasteiger partial charge in [0.15, 0.2) is 0 Å². The van der Waals surface area contributed by atoms with Crippen molar-refractivity contribution in [3.05, 3.63) is 82.6 Å². The van der Waals surface area contributed by atoms with E-state index in [-0.39, 0.29) is 11.5 Å². The van der Waals surface area contributed by atoms with Gasteiger partial charge in [-0.2, -0.15) is 0 Å². The summed E-state index contributed by atoms with van der Waals surface area (Å²) in [7, 11) is 3.60. The molecule has 0 amide bonds. The average molecular weight is 316 g/mol. The molecule has 0 heterocycles. The SMILES string of the molecule is COC1=Cc2ccccc2[C@H]2[C@@H]1[C@@]1(OC)C=Cc3ccccc3[C@@H]21. The van der Waals surface area contributed by atoms with Crippen LogP contribution in [0.4, 0.5) is 0 Å². The maximum atomic E-state index is 6.14. The molecule has 2 aromatic rings. The Kier molecular flexibility index (Phi) is 2.84. The first-order chi connectivity index (χ1) is 11.8. The second-order valence-corrected chi connectivity index (χ2v) is 6.88. The van der Waals surface area contributed by atoms with Crippen molar-refractivity contribution >= 4 is 12.2 Å². The Labute approximate surface area is 142 Å². The Morgan fingerprint density at radius 3 is 2.29 bits per heavy atom. The lowest BCUT2D eigenvalue weighted by Crippen LogP contribution is -2.62. The van der Waals surface area contributed by atoms with Gasteiger partial charge in [-0.25, -0.2) is 0 Å². The molecule has 3 aliphatic carbocycles. The highest BCUT2D eigenvalue weighted by molar-refractivity contribution is 5.70. The number of hydrogen-bond donors (Lipinski definition) is 0. The van der Waals surface area contributed by atoms with Gasteiger partial charge in [-0.1, -0.05) is 60.7 Å². The van der Waals surface area contributed by atoms with Crippen LogP contribution >= 0.6 is 0 Å². The molecule has 2 aromatic carbocycles. The normalized spacial score (nSPS) is 31.8. The van der Waals surface area contributed by atoms with E-state index in [1.807, 2.05) is 7.11 Å². The number of rotatable bonds is 2. The molecule has 0 saturated heterocycles. The maximum Gasteiger partial charge on any atom is 0.104 e. The van der Waals surface area contributed by atoms with E-state index in [1.165, 1.54) is 22.3 Å². The molecular formula is C22H20O2. The van der Waals surface area contributed by atoms with Gasteiger partial charge in [0.05, 0.1) is 13.0 Å². The van der Waals surface area contributed by atoms with Crippen LogP contribution in [0.2, 0.25) is 0 Å². The fraction of sp³-hybridized carbons (Fsp3) is 0.273. The second-order valence-electron chi connectivity index (χ2n) is 6.88. The van der Waals surface area contributed by atoms with Crippen LogP contribution in [0, 0.1) is 5.92 Å². The molecule has 5 rings (SSSR count). The first-order valence-electron chi connectivity index (χ1n) is 8.48. The molecule has 0 bridgehead atoms. The quantitative estimate of drug-likeness (QED) is 0.806. The summed E-state index contributed by atoms with van der Waals surface area (Å²) in [5.74, 6) is 1.98. The summed E-state index contributed by atoms with van der Waals surface area (Å²) >= 11 is 0. The number of methoxy groups -OCH3 is 2. The molecule has 4 atom stereocenters. The average Bonchev–Trinajstić information content (AvgIpc) is 2.63. The summed E-state index contributed by atoms with van der Waals surface area (Å²) in [6, 6.07) is 17.4. The van der Waals surface area contributed by atoms with Crippen LogP contribution < -0.4 is 0 Å². The molecule has 1 fully saturated rings. The number of benzene rings is 2. The molecule has 24 heavy (non-hydrogen) atoms. The third-order valence-corrected chi connectivity index (χ3v) is 6.09. The Morgan fingerprint density at radius 2 is 1.54 bits per heavy atom. The van der Waals surface area contributed by atoms with E-state index in [2.05, 4.69) is 66.8 Å². The van der Waals surface area contributed by atoms with E-state index < -0.39 is 0 Å². The number of hydrogen-bond acceptors (Lipinski definition) is 2. The van der Waals surface area contributed by atoms with Crippen LogP contribution in [0.1, 0.15) is 34.1 Å². The van der Waals surface area contributed by atoms with E-state index in [1.54, 1.807) is 7.11 Å². The molecule has 2 nitrogen and oxygen atoms in total. The van der Waals surface area contributed by atoms with Crippen molar-refractivity contribution in [1.29, 1.82) is 0 Å². The van der Waals surface area contributed by atoms with Crippen LogP contribution in [0.15, 0.2) is 60.4 Å². The van der Waals surface area contributed by atoms with Gasteiger partial charge in [-0.05, 0) is 28.3 Å². The summed E-state index contributed by atoms with van der Waals surface area (Å²) in [5, 5.41) is 0. The van der Waals surface area contributed by atoms with Gasteiger partial charge in [-0.15, -0.1) is 0 Å². The lowest BCUT2D eigenvalue weighted by Gasteiger charge is -2.62. The zero-order valence-corrected chi connectivity index (χ0v) is 13.9. The molecular weight excluding hydrogens is 296 g/mol. The molecule has 2 heteroatoms. The molecule has 0 aliphatic heterocycles. The van der Waals surface area contributed by atoms with Gasteiger partial charge in [0.25, 0.3) is 0 Å². The third-order valence-electron chi connectivity index (χ3n) is 6.09. The van der Waals surface area contributed by atoms with Crippen molar-refractivity contribution in [3.8, 4) is 0 Å². The van der Waals surface area contributed by atoms with Gasteiger partial charge in [0, 0.05) is 18.9 Å². The number of ether oxygens (including phenoxy) is 2. The van der Waals surface area contributed by atoms with E-state index >= 15 is 0 Å². The first kappa shape index (κ1) is 14.1. The lowest BCUT2D eigenvalue weighted by atomic mass is 9.45. The molecule has 0 aromatic heterocycles. The zero-order chi connectivity index (χ0) is 16.3. The topological polar surface area (TPSA) is 18.5 Å². The summed E-state index contributed by atoms with van der Waals surface area (Å²) in [5.41, 5.74) is 5.06. The van der Waals surface area contributed by atoms with Crippen molar-refractivity contribution in [3.63, 3.8) is 0 Å². The van der Waals surface area contributed by atoms with Crippen LogP contribution in [-0.2, 0) is 9.47 Å². The highest BCUT2D eigenvalue weighted by Gasteiger charge is 2.66. The van der Waals surface area contributed by atoms with Gasteiger partial charge < -0.3 is 9.47 Å². The van der Waals surface area contributed by atoms with Crippen molar-refractivity contribution < 1.29 is 9.47 Å². The molecule has 3 aliphatic rings. The maximum absolute atomic E-state index is 6.14. The number of fused-ring (bicyclic) bond motifs is 8. The van der Waals surface area contributed by atoms with Crippen molar-refractivity contribution in [2.45, 2.75) is 17.4 Å². The molecule has 120 valence electrons. The predicted octanol–water partition coefficient (Wildman–Crippen LogP) is 4.60. The second kappa shape index (κ2) is 4.84. The predicted molar refractivity (Wildman–Crippen MR) is 95.6 cm³/mol. The van der Waals surface area contributed by atoms with Crippen LogP contribution in [0.3, 0.4) is 0 Å². The molecule has 0 radical (unpaired) electrons. The van der Waals surface area contributed by atoms with E-state index in [4.69, 9.17) is 9.47 Å². The summed E-state index contributed by atoms with van der Waals surface area (Å²) in [6.07, 6.45) is 6.64. The van der Waals surface area contributed by atoms with E-state index in [0.717, 1.165) is 5.76 Å². The van der Waals surface area contributed by atoms with Crippen molar-refractivity contribution in [2.24, 2.45) is 5.92 Å². The van der Waals surface area contributed by atoms with E-state index in [0.29, 0.717) is 11.8 Å². The Balaban J connectivity index is 1.75. The molecule has 1 saturated carbocycles. The minimum absolute atomic E-state index is 0.233. The van der Waals surface area contributed by atoms with E-state index in [9.17, 15) is 0 Å². The Hall–Kier alpha value is -2.32. The fourth-order valence-corrected chi connectivity index (χ4v) is 5.09. The minimum Gasteiger partial charge on any atom is -0.501 e. The van der Waals surface area contributed by atoms with Crippen LogP contribution in [-0.4, -0.2) is 19.8 Å². The standard InChI is InChI=1S/C22H20O2/c1-23-18-13-15-8-4-5-9-16(15)19-20-17-10-6-3-7-14(17)11-12-22(20,24-2)21(18)19/h3-13,19-21H,1-2H3/t19-,20+,21-,22-/m1/s1. The van der Waals surface area contributed by atoms with Crippen molar-refractivity contribution in [2.75, 3.05) is 14.2 Å². The highest BCUT2D eigenvalue weighted by Crippen LogP contribution is 2.68. The zero-order valence-electron chi connectivity index (χ0n) is 13.9. The smallest absolute Gasteiger partial charge is 0.104 e. The summed E-state index contributed by atoms with van der Waals surface area (Å²) < 4.78 is 11.9. The Morgan fingerprint density at radius 1 is 0.833 bits per heavy atom. The lowest BCUT2D eigenvalue weighted by molar-refractivity contribution is -0.124. The summed E-state index contributed by atoms with van der Waals surface area (Å²) in [4.78, 5) is 0. The largest absolute Gasteiger partial charge is 0.501 e. The van der Waals surface area contributed by atoms with Gasteiger partial charge >= 0.3 is 0 Å². The van der Waals surface area contributed by atoms with Gasteiger partial charge in [-0.3, -0.25) is 0 Å². The van der Waals surface area contributed by atoms with Gasteiger partial charge in [0.1, 0.15) is 11.4 Å². The fourth-order valence-electron chi connectivity index (χ4n) is 5.09. The van der Waals surface area contributed by atoms with Crippen LogP contribution in [0.5, 0.6) is 0 Å². The minimum atomic E-state index is -0.311. The molecule has 0 spiro atoms. The third kappa shape index (κ3) is 1.54. The van der Waals surface area contributed by atoms with Crippen LogP contribution in [0.25, 0.3) is 12.2 Å². The Bertz CT molecular complexity index is 879. The molecule has 0 N–H and O–H groups in total. The van der Waals surface area contributed by atoms with Gasteiger partial charge in [0.2, 0.25) is 0 Å².